The highest BCUT2D eigenvalue weighted by Gasteiger charge is 2.24. The highest BCUT2D eigenvalue weighted by atomic mass is 16.1. The second-order valence-electron chi connectivity index (χ2n) is 3.30. The number of nitrogens with zero attached hydrogens (tertiary/aromatic N) is 1. The Hall–Kier alpha value is -1.38. The molecule has 1 aliphatic rings. The van der Waals surface area contributed by atoms with Gasteiger partial charge in [0.15, 0.2) is 5.78 Å². The van der Waals surface area contributed by atoms with E-state index in [0.29, 0.717) is 17.8 Å². The Kier molecular flexibility index (Phi) is 1.79. The van der Waals surface area contributed by atoms with Crippen molar-refractivity contribution in [2.24, 2.45) is 0 Å². The molecule has 68 valence electrons. The lowest BCUT2D eigenvalue weighted by molar-refractivity contribution is 0.0995. The fourth-order valence-corrected chi connectivity index (χ4v) is 1.87. The highest BCUT2D eigenvalue weighted by Crippen LogP contribution is 2.28. The van der Waals surface area contributed by atoms with Crippen LogP contribution in [0.15, 0.2) is 6.20 Å². The number of aryl methyl sites for hydroxylation is 1. The van der Waals surface area contributed by atoms with Gasteiger partial charge in [-0.1, -0.05) is 6.92 Å². The molecule has 0 bridgehead atoms. The third-order valence-electron chi connectivity index (χ3n) is 2.57. The van der Waals surface area contributed by atoms with Crippen molar-refractivity contribution in [1.82, 2.24) is 4.98 Å². The van der Waals surface area contributed by atoms with E-state index in [9.17, 15) is 4.79 Å². The summed E-state index contributed by atoms with van der Waals surface area (Å²) in [5.74, 6) is 0.546. The average molecular weight is 176 g/mol. The lowest BCUT2D eigenvalue weighted by atomic mass is 10.0. The molecule has 0 aliphatic heterocycles. The number of anilines is 1. The average Bonchev–Trinajstić information content (AvgIpc) is 2.50. The second kappa shape index (κ2) is 2.83. The Morgan fingerprint density at radius 3 is 3.00 bits per heavy atom. The molecule has 0 unspecified atom stereocenters. The molecule has 0 saturated carbocycles. The molecule has 3 nitrogen and oxygen atoms in total. The monoisotopic (exact) mass is 176 g/mol. The minimum absolute atomic E-state index is 0.148. The summed E-state index contributed by atoms with van der Waals surface area (Å²) >= 11 is 0. The highest BCUT2D eigenvalue weighted by molar-refractivity contribution is 6.04. The maximum atomic E-state index is 11.4. The van der Waals surface area contributed by atoms with Gasteiger partial charge in [-0.25, -0.2) is 4.98 Å². The predicted molar refractivity (Wildman–Crippen MR) is 50.7 cm³/mol. The lowest BCUT2D eigenvalue weighted by Gasteiger charge is -2.05. The number of Topliss-reactive ketones (excluding diaryl/α,β-unsaturated/α-hetero) is 1. The minimum Gasteiger partial charge on any atom is -0.383 e. The van der Waals surface area contributed by atoms with Crippen LogP contribution in [-0.2, 0) is 12.8 Å². The molecule has 0 aromatic carbocycles. The zero-order valence-electron chi connectivity index (χ0n) is 7.63. The van der Waals surface area contributed by atoms with E-state index in [1.165, 1.54) is 0 Å². The SMILES string of the molecule is CCc1cnc(N)c2c1CCC2=O. The Balaban J connectivity index is 2.65. The first kappa shape index (κ1) is 8.23. The molecule has 0 radical (unpaired) electrons. The number of fused-ring (bicyclic) bond motifs is 1. The van der Waals surface area contributed by atoms with E-state index >= 15 is 0 Å². The smallest absolute Gasteiger partial charge is 0.167 e. The van der Waals surface area contributed by atoms with Crippen LogP contribution in [0.3, 0.4) is 0 Å². The molecule has 0 saturated heterocycles. The van der Waals surface area contributed by atoms with Crippen molar-refractivity contribution >= 4 is 11.6 Å². The normalized spacial score (nSPS) is 14.7. The van der Waals surface area contributed by atoms with E-state index in [0.717, 1.165) is 24.0 Å². The van der Waals surface area contributed by atoms with E-state index in [-0.39, 0.29) is 5.78 Å². The summed E-state index contributed by atoms with van der Waals surface area (Å²) in [6, 6.07) is 0. The van der Waals surface area contributed by atoms with Gasteiger partial charge < -0.3 is 5.73 Å². The predicted octanol–water partition coefficient (Wildman–Crippen LogP) is 1.36. The molecule has 3 heteroatoms. The van der Waals surface area contributed by atoms with E-state index in [2.05, 4.69) is 11.9 Å². The number of hydrogen-bond acceptors (Lipinski definition) is 3. The minimum atomic E-state index is 0.148. The van der Waals surface area contributed by atoms with Gasteiger partial charge in [0, 0.05) is 12.6 Å². The number of nitrogens with two attached hydrogens (primary N) is 1. The van der Waals surface area contributed by atoms with Gasteiger partial charge in [0.05, 0.1) is 5.56 Å². The Morgan fingerprint density at radius 2 is 2.31 bits per heavy atom. The van der Waals surface area contributed by atoms with Crippen molar-refractivity contribution in [3.05, 3.63) is 22.9 Å². The van der Waals surface area contributed by atoms with E-state index in [4.69, 9.17) is 5.73 Å². The van der Waals surface area contributed by atoms with Crippen LogP contribution in [0.25, 0.3) is 0 Å². The van der Waals surface area contributed by atoms with Crippen molar-refractivity contribution in [2.75, 3.05) is 5.73 Å². The molecule has 13 heavy (non-hydrogen) atoms. The van der Waals surface area contributed by atoms with Crippen molar-refractivity contribution < 1.29 is 4.79 Å². The number of nitrogen functional groups attached to an aromatic ring is 1. The van der Waals surface area contributed by atoms with Crippen molar-refractivity contribution in [3.63, 3.8) is 0 Å². The lowest BCUT2D eigenvalue weighted by Crippen LogP contribution is -2.03. The number of aromatic nitrogens is 1. The van der Waals surface area contributed by atoms with E-state index in [1.807, 2.05) is 0 Å². The van der Waals surface area contributed by atoms with Crippen molar-refractivity contribution in [3.8, 4) is 0 Å². The summed E-state index contributed by atoms with van der Waals surface area (Å²) in [6.07, 6.45) is 4.14. The summed E-state index contributed by atoms with van der Waals surface area (Å²) in [4.78, 5) is 15.5. The molecule has 1 aliphatic carbocycles. The number of carbonyl (C=O) groups is 1. The van der Waals surface area contributed by atoms with Crippen LogP contribution in [0.5, 0.6) is 0 Å². The fourth-order valence-electron chi connectivity index (χ4n) is 1.87. The largest absolute Gasteiger partial charge is 0.383 e. The summed E-state index contributed by atoms with van der Waals surface area (Å²) in [5.41, 5.74) is 8.62. The first-order valence-electron chi connectivity index (χ1n) is 4.53. The van der Waals surface area contributed by atoms with Crippen LogP contribution in [0.4, 0.5) is 5.82 Å². The van der Waals surface area contributed by atoms with Crippen molar-refractivity contribution in [1.29, 1.82) is 0 Å². The van der Waals surface area contributed by atoms with Crippen LogP contribution < -0.4 is 5.73 Å². The zero-order chi connectivity index (χ0) is 9.42. The molecule has 0 amide bonds. The number of ketones is 1. The Morgan fingerprint density at radius 1 is 1.54 bits per heavy atom. The number of pyridine rings is 1. The van der Waals surface area contributed by atoms with Crippen LogP contribution in [0, 0.1) is 0 Å². The Bertz CT molecular complexity index is 371. The maximum absolute atomic E-state index is 11.4. The van der Waals surface area contributed by atoms with Gasteiger partial charge in [0.2, 0.25) is 0 Å². The van der Waals surface area contributed by atoms with Gasteiger partial charge >= 0.3 is 0 Å². The number of hydrogen-bond donors (Lipinski definition) is 1. The van der Waals surface area contributed by atoms with Crippen LogP contribution in [-0.4, -0.2) is 10.8 Å². The number of carbonyl (C=O) groups excluding carboxylic acids is 1. The van der Waals surface area contributed by atoms with Gasteiger partial charge in [-0.05, 0) is 24.0 Å². The first-order valence-corrected chi connectivity index (χ1v) is 4.53. The fraction of sp³-hybridized carbons (Fsp3) is 0.400. The van der Waals surface area contributed by atoms with E-state index in [1.54, 1.807) is 6.20 Å². The summed E-state index contributed by atoms with van der Waals surface area (Å²) < 4.78 is 0. The summed E-state index contributed by atoms with van der Waals surface area (Å²) in [5, 5.41) is 0. The summed E-state index contributed by atoms with van der Waals surface area (Å²) in [6.45, 7) is 2.07. The molecule has 2 N–H and O–H groups in total. The van der Waals surface area contributed by atoms with Crippen molar-refractivity contribution in [2.45, 2.75) is 26.2 Å². The summed E-state index contributed by atoms with van der Waals surface area (Å²) in [7, 11) is 0. The molecule has 1 aromatic heterocycles. The van der Waals surface area contributed by atoms with Gasteiger partial charge in [0.25, 0.3) is 0 Å². The molecule has 0 spiro atoms. The van der Waals surface area contributed by atoms with Crippen LogP contribution in [0.2, 0.25) is 0 Å². The maximum Gasteiger partial charge on any atom is 0.167 e. The molecule has 0 atom stereocenters. The molecule has 1 aromatic rings. The van der Waals surface area contributed by atoms with Crippen LogP contribution in [0.1, 0.15) is 34.8 Å². The second-order valence-corrected chi connectivity index (χ2v) is 3.30. The van der Waals surface area contributed by atoms with Crippen LogP contribution >= 0.6 is 0 Å². The van der Waals surface area contributed by atoms with Gasteiger partial charge in [-0.3, -0.25) is 4.79 Å². The quantitative estimate of drug-likeness (QED) is 0.702. The topological polar surface area (TPSA) is 56.0 Å². The molecule has 0 fully saturated rings. The standard InChI is InChI=1S/C10H12N2O/c1-2-6-5-12-10(11)9-7(6)3-4-8(9)13/h5H,2-4H2,1H3,(H2,11,12). The van der Waals surface area contributed by atoms with Gasteiger partial charge in [0.1, 0.15) is 5.82 Å². The third-order valence-corrected chi connectivity index (χ3v) is 2.57. The first-order chi connectivity index (χ1) is 6.24. The van der Waals surface area contributed by atoms with E-state index < -0.39 is 0 Å². The van der Waals surface area contributed by atoms with Gasteiger partial charge in [-0.15, -0.1) is 0 Å². The number of rotatable bonds is 1. The molecule has 2 rings (SSSR count). The Labute approximate surface area is 77.0 Å². The molecular weight excluding hydrogens is 164 g/mol. The third kappa shape index (κ3) is 1.11. The molecular formula is C10H12N2O. The van der Waals surface area contributed by atoms with Gasteiger partial charge in [-0.2, -0.15) is 0 Å². The zero-order valence-corrected chi connectivity index (χ0v) is 7.63. The molecule has 1 heterocycles.